The summed E-state index contributed by atoms with van der Waals surface area (Å²) in [5.74, 6) is 0.673. The molecule has 1 fully saturated rings. The van der Waals surface area contributed by atoms with Crippen LogP contribution in [-0.4, -0.2) is 11.5 Å². The lowest BCUT2D eigenvalue weighted by atomic mass is 9.77. The van der Waals surface area contributed by atoms with Gasteiger partial charge >= 0.3 is 0 Å². The third-order valence-corrected chi connectivity index (χ3v) is 4.36. The molecule has 0 spiro atoms. The number of benzene rings is 1. The van der Waals surface area contributed by atoms with E-state index in [1.54, 1.807) is 0 Å². The Balaban J connectivity index is 2.03. The second kappa shape index (κ2) is 6.90. The minimum absolute atomic E-state index is 0.0906. The van der Waals surface area contributed by atoms with Crippen LogP contribution in [0.3, 0.4) is 0 Å². The third-order valence-electron chi connectivity index (χ3n) is 4.11. The Hall–Kier alpha value is -1.09. The van der Waals surface area contributed by atoms with Gasteiger partial charge in [0.15, 0.2) is 0 Å². The zero-order valence-corrected chi connectivity index (χ0v) is 11.8. The highest BCUT2D eigenvalue weighted by Gasteiger charge is 2.27. The number of hydrogen-bond donors (Lipinski definition) is 0. The zero-order chi connectivity index (χ0) is 13.7. The molecule has 0 heterocycles. The third kappa shape index (κ3) is 4.50. The molecule has 0 aromatic heterocycles. The largest absolute Gasteiger partial charge is 0.265 e. The Morgan fingerprint density at radius 2 is 1.84 bits per heavy atom. The molecular weight excluding hydrogens is 262 g/mol. The summed E-state index contributed by atoms with van der Waals surface area (Å²) in [6, 6.07) is 7.69. The van der Waals surface area contributed by atoms with E-state index in [2.05, 4.69) is 0 Å². The van der Waals surface area contributed by atoms with Gasteiger partial charge in [-0.2, -0.15) is 0 Å². The van der Waals surface area contributed by atoms with Crippen LogP contribution >= 0.6 is 11.6 Å². The molecule has 0 amide bonds. The van der Waals surface area contributed by atoms with E-state index in [-0.39, 0.29) is 17.4 Å². The number of nitro groups is 1. The molecule has 2 rings (SSSR count). The number of halogens is 1. The molecule has 1 aromatic rings. The van der Waals surface area contributed by atoms with Crippen LogP contribution in [0.4, 0.5) is 0 Å². The summed E-state index contributed by atoms with van der Waals surface area (Å²) >= 11 is 5.87. The molecule has 0 bridgehead atoms. The highest BCUT2D eigenvalue weighted by Crippen LogP contribution is 2.32. The van der Waals surface area contributed by atoms with E-state index in [4.69, 9.17) is 11.6 Å². The fourth-order valence-electron chi connectivity index (χ4n) is 3.10. The Labute approximate surface area is 119 Å². The molecule has 1 saturated carbocycles. The predicted octanol–water partition coefficient (Wildman–Crippen LogP) is 4.36. The summed E-state index contributed by atoms with van der Waals surface area (Å²) in [4.78, 5) is 10.7. The Kier molecular flexibility index (Phi) is 5.20. The molecule has 0 aliphatic heterocycles. The van der Waals surface area contributed by atoms with Gasteiger partial charge in [0, 0.05) is 15.9 Å². The average Bonchev–Trinajstić information content (AvgIpc) is 2.41. The van der Waals surface area contributed by atoms with Crippen molar-refractivity contribution in [3.8, 4) is 0 Å². The van der Waals surface area contributed by atoms with Crippen LogP contribution in [0, 0.1) is 22.0 Å². The molecule has 1 aliphatic carbocycles. The van der Waals surface area contributed by atoms with Gasteiger partial charge in [0.25, 0.3) is 0 Å². The lowest BCUT2D eigenvalue weighted by molar-refractivity contribution is -0.490. The SMILES string of the molecule is O=[N+]([O-])C[C@H](Cc1ccc(Cl)cc1)C1CCCCC1. The summed E-state index contributed by atoms with van der Waals surface area (Å²) in [6.07, 6.45) is 6.81. The van der Waals surface area contributed by atoms with E-state index in [1.807, 2.05) is 24.3 Å². The summed E-state index contributed by atoms with van der Waals surface area (Å²) in [7, 11) is 0. The van der Waals surface area contributed by atoms with Gasteiger partial charge in [-0.3, -0.25) is 10.1 Å². The summed E-state index contributed by atoms with van der Waals surface area (Å²) in [5, 5.41) is 11.6. The van der Waals surface area contributed by atoms with Gasteiger partial charge in [-0.25, -0.2) is 0 Å². The summed E-state index contributed by atoms with van der Waals surface area (Å²) in [6.45, 7) is 0.0906. The van der Waals surface area contributed by atoms with Crippen molar-refractivity contribution >= 4 is 11.6 Å². The zero-order valence-electron chi connectivity index (χ0n) is 11.1. The molecule has 0 unspecified atom stereocenters. The Bertz CT molecular complexity index is 413. The highest BCUT2D eigenvalue weighted by atomic mass is 35.5. The number of nitrogens with zero attached hydrogens (tertiary/aromatic N) is 1. The topological polar surface area (TPSA) is 43.1 Å². The first-order valence-electron chi connectivity index (χ1n) is 7.01. The highest BCUT2D eigenvalue weighted by molar-refractivity contribution is 6.30. The normalized spacial score (nSPS) is 18.2. The first kappa shape index (κ1) is 14.3. The molecule has 1 aromatic carbocycles. The van der Waals surface area contributed by atoms with Crippen LogP contribution in [-0.2, 0) is 6.42 Å². The van der Waals surface area contributed by atoms with Crippen molar-refractivity contribution in [2.45, 2.75) is 38.5 Å². The molecule has 19 heavy (non-hydrogen) atoms. The van der Waals surface area contributed by atoms with Crippen molar-refractivity contribution in [3.63, 3.8) is 0 Å². The predicted molar refractivity (Wildman–Crippen MR) is 77.1 cm³/mol. The molecule has 3 nitrogen and oxygen atoms in total. The van der Waals surface area contributed by atoms with Crippen molar-refractivity contribution < 1.29 is 4.92 Å². The maximum Gasteiger partial charge on any atom is 0.207 e. The standard InChI is InChI=1S/C15H20ClNO2/c16-15-8-6-12(7-9-15)10-14(11-17(18)19)13-4-2-1-3-5-13/h6-9,13-14H,1-5,10-11H2/t14-/m0/s1. The van der Waals surface area contributed by atoms with E-state index in [1.165, 1.54) is 19.3 Å². The van der Waals surface area contributed by atoms with Crippen LogP contribution in [0.5, 0.6) is 0 Å². The summed E-state index contributed by atoms with van der Waals surface area (Å²) in [5.41, 5.74) is 1.15. The maximum atomic E-state index is 10.9. The minimum Gasteiger partial charge on any atom is -0.265 e. The minimum atomic E-state index is -0.158. The molecule has 4 heteroatoms. The van der Waals surface area contributed by atoms with Gasteiger partial charge in [0.2, 0.25) is 6.54 Å². The molecule has 1 atom stereocenters. The van der Waals surface area contributed by atoms with Crippen LogP contribution in [0.15, 0.2) is 24.3 Å². The van der Waals surface area contributed by atoms with Gasteiger partial charge in [0.05, 0.1) is 0 Å². The molecule has 0 N–H and O–H groups in total. The fraction of sp³-hybridized carbons (Fsp3) is 0.600. The fourth-order valence-corrected chi connectivity index (χ4v) is 3.23. The van der Waals surface area contributed by atoms with Gasteiger partial charge in [-0.05, 0) is 42.9 Å². The quantitative estimate of drug-likeness (QED) is 0.595. The van der Waals surface area contributed by atoms with E-state index >= 15 is 0 Å². The van der Waals surface area contributed by atoms with Gasteiger partial charge in [-0.15, -0.1) is 0 Å². The first-order valence-corrected chi connectivity index (χ1v) is 7.39. The molecule has 1 aliphatic rings. The van der Waals surface area contributed by atoms with E-state index in [0.29, 0.717) is 10.9 Å². The second-order valence-corrected chi connectivity index (χ2v) is 5.94. The smallest absolute Gasteiger partial charge is 0.207 e. The van der Waals surface area contributed by atoms with Crippen molar-refractivity contribution in [2.24, 2.45) is 11.8 Å². The monoisotopic (exact) mass is 281 g/mol. The molecular formula is C15H20ClNO2. The maximum absolute atomic E-state index is 10.9. The van der Waals surface area contributed by atoms with Gasteiger partial charge < -0.3 is 0 Å². The van der Waals surface area contributed by atoms with Gasteiger partial charge in [-0.1, -0.05) is 43.0 Å². The Morgan fingerprint density at radius 1 is 1.21 bits per heavy atom. The molecule has 0 radical (unpaired) electrons. The lowest BCUT2D eigenvalue weighted by Crippen LogP contribution is -2.27. The van der Waals surface area contributed by atoms with E-state index in [0.717, 1.165) is 24.8 Å². The number of rotatable bonds is 5. The van der Waals surface area contributed by atoms with Crippen LogP contribution in [0.25, 0.3) is 0 Å². The van der Waals surface area contributed by atoms with Crippen molar-refractivity contribution in [2.75, 3.05) is 6.54 Å². The number of hydrogen-bond acceptors (Lipinski definition) is 2. The van der Waals surface area contributed by atoms with Crippen molar-refractivity contribution in [1.29, 1.82) is 0 Å². The summed E-state index contributed by atoms with van der Waals surface area (Å²) < 4.78 is 0. The molecule has 104 valence electrons. The van der Waals surface area contributed by atoms with Crippen LogP contribution in [0.1, 0.15) is 37.7 Å². The van der Waals surface area contributed by atoms with Crippen molar-refractivity contribution in [1.82, 2.24) is 0 Å². The lowest BCUT2D eigenvalue weighted by Gasteiger charge is -2.28. The van der Waals surface area contributed by atoms with Crippen molar-refractivity contribution in [3.05, 3.63) is 45.0 Å². The van der Waals surface area contributed by atoms with Gasteiger partial charge in [0.1, 0.15) is 0 Å². The van der Waals surface area contributed by atoms with E-state index < -0.39 is 0 Å². The van der Waals surface area contributed by atoms with E-state index in [9.17, 15) is 10.1 Å². The average molecular weight is 282 g/mol. The first-order chi connectivity index (χ1) is 9.15. The molecule has 0 saturated heterocycles. The Morgan fingerprint density at radius 3 is 2.42 bits per heavy atom. The van der Waals surface area contributed by atoms with Crippen LogP contribution < -0.4 is 0 Å². The van der Waals surface area contributed by atoms with Crippen LogP contribution in [0.2, 0.25) is 5.02 Å². The second-order valence-electron chi connectivity index (χ2n) is 5.50.